The Morgan fingerprint density at radius 2 is 1.97 bits per heavy atom. The van der Waals surface area contributed by atoms with Crippen LogP contribution in [0.1, 0.15) is 17.2 Å². The quantitative estimate of drug-likeness (QED) is 0.435. The number of benzene rings is 2. The van der Waals surface area contributed by atoms with Crippen molar-refractivity contribution in [3.63, 3.8) is 0 Å². The highest BCUT2D eigenvalue weighted by Gasteiger charge is 2.19. The Bertz CT molecular complexity index is 1100. The fourth-order valence-corrected chi connectivity index (χ4v) is 3.20. The first-order valence-electron chi connectivity index (χ1n) is 9.09. The minimum absolute atomic E-state index is 0.0631. The molecule has 1 amide bonds. The highest BCUT2D eigenvalue weighted by molar-refractivity contribution is 6.31. The Labute approximate surface area is 172 Å². The monoisotopic (exact) mass is 410 g/mol. The van der Waals surface area contributed by atoms with Gasteiger partial charge in [0.25, 0.3) is 0 Å². The predicted molar refractivity (Wildman–Crippen MR) is 109 cm³/mol. The maximum atomic E-state index is 13.0. The van der Waals surface area contributed by atoms with Crippen LogP contribution in [-0.2, 0) is 24.3 Å². The Balaban J connectivity index is 1.55. The van der Waals surface area contributed by atoms with E-state index in [2.05, 4.69) is 4.98 Å². The lowest BCUT2D eigenvalue weighted by Gasteiger charge is -2.20. The number of hydrogen-bond acceptors (Lipinski definition) is 5. The van der Waals surface area contributed by atoms with E-state index in [-0.39, 0.29) is 18.9 Å². The molecule has 0 aliphatic carbocycles. The number of nitrogens with zero attached hydrogens (tertiary/aromatic N) is 2. The van der Waals surface area contributed by atoms with Gasteiger partial charge in [0.1, 0.15) is 17.0 Å². The second kappa shape index (κ2) is 8.41. The number of rotatable bonds is 7. The molecule has 0 aliphatic heterocycles. The van der Waals surface area contributed by atoms with Gasteiger partial charge in [-0.3, -0.25) is 4.79 Å². The van der Waals surface area contributed by atoms with E-state index in [0.717, 1.165) is 11.3 Å². The summed E-state index contributed by atoms with van der Waals surface area (Å²) in [5, 5.41) is 0.584. The average Bonchev–Trinajstić information content (AvgIpc) is 3.37. The van der Waals surface area contributed by atoms with E-state index >= 15 is 0 Å². The standard InChI is InChI=1S/C22H19ClN2O4/c1-27-17-7-4-15(5-8-17)11-22(26)25(13-18-3-2-10-28-18)14-21-24-19-12-16(23)6-9-20(19)29-21/h2-10,12H,11,13-14H2,1H3. The summed E-state index contributed by atoms with van der Waals surface area (Å²) < 4.78 is 16.4. The van der Waals surface area contributed by atoms with Gasteiger partial charge in [0.15, 0.2) is 5.58 Å². The second-order valence-electron chi connectivity index (χ2n) is 6.57. The number of ether oxygens (including phenoxy) is 1. The summed E-state index contributed by atoms with van der Waals surface area (Å²) in [5.41, 5.74) is 2.18. The van der Waals surface area contributed by atoms with Gasteiger partial charge < -0.3 is 18.5 Å². The lowest BCUT2D eigenvalue weighted by atomic mass is 10.1. The predicted octanol–water partition coefficient (Wildman–Crippen LogP) is 4.85. The number of carbonyl (C=O) groups excluding carboxylic acids is 1. The maximum absolute atomic E-state index is 13.0. The van der Waals surface area contributed by atoms with Gasteiger partial charge in [0, 0.05) is 5.02 Å². The highest BCUT2D eigenvalue weighted by Crippen LogP contribution is 2.22. The summed E-state index contributed by atoms with van der Waals surface area (Å²) in [6, 6.07) is 16.3. The van der Waals surface area contributed by atoms with Gasteiger partial charge in [-0.1, -0.05) is 23.7 Å². The van der Waals surface area contributed by atoms with Crippen molar-refractivity contribution in [2.24, 2.45) is 0 Å². The molecule has 0 bridgehead atoms. The van der Waals surface area contributed by atoms with E-state index in [0.29, 0.717) is 34.3 Å². The third-order valence-corrected chi connectivity index (χ3v) is 4.75. The van der Waals surface area contributed by atoms with Crippen molar-refractivity contribution in [2.45, 2.75) is 19.5 Å². The number of fused-ring (bicyclic) bond motifs is 1. The van der Waals surface area contributed by atoms with Crippen LogP contribution >= 0.6 is 11.6 Å². The molecule has 29 heavy (non-hydrogen) atoms. The Kier molecular flexibility index (Phi) is 5.53. The number of amides is 1. The van der Waals surface area contributed by atoms with Gasteiger partial charge in [-0.15, -0.1) is 0 Å². The number of carbonyl (C=O) groups is 1. The number of halogens is 1. The molecule has 4 aromatic rings. The molecule has 4 rings (SSSR count). The minimum Gasteiger partial charge on any atom is -0.497 e. The third kappa shape index (κ3) is 4.60. The molecular weight excluding hydrogens is 392 g/mol. The number of hydrogen-bond donors (Lipinski definition) is 0. The Morgan fingerprint density at radius 3 is 2.69 bits per heavy atom. The van der Waals surface area contributed by atoms with Crippen LogP contribution in [0.3, 0.4) is 0 Å². The summed E-state index contributed by atoms with van der Waals surface area (Å²) in [6.45, 7) is 0.545. The van der Waals surface area contributed by atoms with E-state index in [1.54, 1.807) is 42.5 Å². The van der Waals surface area contributed by atoms with Crippen molar-refractivity contribution >= 4 is 28.6 Å². The molecule has 0 radical (unpaired) electrons. The molecule has 0 saturated heterocycles. The third-order valence-electron chi connectivity index (χ3n) is 4.51. The van der Waals surface area contributed by atoms with Crippen LogP contribution in [0, 0.1) is 0 Å². The van der Waals surface area contributed by atoms with E-state index in [9.17, 15) is 4.79 Å². The average molecular weight is 411 g/mol. The Morgan fingerprint density at radius 1 is 1.14 bits per heavy atom. The van der Waals surface area contributed by atoms with Crippen LogP contribution < -0.4 is 4.74 Å². The van der Waals surface area contributed by atoms with Crippen molar-refractivity contribution in [2.75, 3.05) is 7.11 Å². The van der Waals surface area contributed by atoms with Crippen LogP contribution in [0.2, 0.25) is 5.02 Å². The van der Waals surface area contributed by atoms with Crippen LogP contribution in [0.15, 0.2) is 69.7 Å². The normalized spacial score (nSPS) is 11.0. The molecule has 0 fully saturated rings. The minimum atomic E-state index is -0.0631. The molecule has 0 unspecified atom stereocenters. The van der Waals surface area contributed by atoms with Gasteiger partial charge in [0.2, 0.25) is 11.8 Å². The zero-order chi connectivity index (χ0) is 20.2. The smallest absolute Gasteiger partial charge is 0.227 e. The van der Waals surface area contributed by atoms with Gasteiger partial charge >= 0.3 is 0 Å². The van der Waals surface area contributed by atoms with Crippen molar-refractivity contribution in [3.8, 4) is 5.75 Å². The molecule has 2 aromatic heterocycles. The van der Waals surface area contributed by atoms with Gasteiger partial charge in [-0.05, 0) is 48.0 Å². The summed E-state index contributed by atoms with van der Waals surface area (Å²) in [4.78, 5) is 19.2. The largest absolute Gasteiger partial charge is 0.497 e. The van der Waals surface area contributed by atoms with E-state index in [1.807, 2.05) is 30.3 Å². The molecule has 2 heterocycles. The topological polar surface area (TPSA) is 68.7 Å². The first-order valence-corrected chi connectivity index (χ1v) is 9.46. The van der Waals surface area contributed by atoms with E-state index < -0.39 is 0 Å². The molecule has 0 saturated carbocycles. The first-order chi connectivity index (χ1) is 14.1. The van der Waals surface area contributed by atoms with Gasteiger partial charge in [-0.2, -0.15) is 0 Å². The number of methoxy groups -OCH3 is 1. The highest BCUT2D eigenvalue weighted by atomic mass is 35.5. The molecule has 0 spiro atoms. The van der Waals surface area contributed by atoms with Crippen molar-refractivity contribution in [1.82, 2.24) is 9.88 Å². The summed E-state index contributed by atoms with van der Waals surface area (Å²) in [5.74, 6) is 1.81. The zero-order valence-corrected chi connectivity index (χ0v) is 16.6. The number of aromatic nitrogens is 1. The van der Waals surface area contributed by atoms with Crippen LogP contribution in [0.4, 0.5) is 0 Å². The van der Waals surface area contributed by atoms with Crippen LogP contribution in [0.5, 0.6) is 5.75 Å². The fourth-order valence-electron chi connectivity index (χ4n) is 3.03. The molecule has 2 aromatic carbocycles. The molecule has 7 heteroatoms. The number of furan rings is 1. The second-order valence-corrected chi connectivity index (χ2v) is 7.01. The SMILES string of the molecule is COc1ccc(CC(=O)N(Cc2ccco2)Cc2nc3cc(Cl)ccc3o2)cc1. The van der Waals surface area contributed by atoms with Crippen molar-refractivity contribution < 1.29 is 18.4 Å². The molecule has 0 atom stereocenters. The molecular formula is C22H19ClN2O4. The summed E-state index contributed by atoms with van der Waals surface area (Å²) in [6.07, 6.45) is 1.83. The lowest BCUT2D eigenvalue weighted by molar-refractivity contribution is -0.132. The van der Waals surface area contributed by atoms with Crippen molar-refractivity contribution in [3.05, 3.63) is 83.1 Å². The first kappa shape index (κ1) is 19.1. The lowest BCUT2D eigenvalue weighted by Crippen LogP contribution is -2.31. The fraction of sp³-hybridized carbons (Fsp3) is 0.182. The Hall–Kier alpha value is -3.25. The summed E-state index contributed by atoms with van der Waals surface area (Å²) in [7, 11) is 1.61. The van der Waals surface area contributed by atoms with Gasteiger partial charge in [-0.25, -0.2) is 4.98 Å². The van der Waals surface area contributed by atoms with Crippen molar-refractivity contribution in [1.29, 1.82) is 0 Å². The summed E-state index contributed by atoms with van der Waals surface area (Å²) >= 11 is 6.02. The van der Waals surface area contributed by atoms with Crippen LogP contribution in [0.25, 0.3) is 11.1 Å². The molecule has 6 nitrogen and oxygen atoms in total. The zero-order valence-electron chi connectivity index (χ0n) is 15.8. The van der Waals surface area contributed by atoms with E-state index in [4.69, 9.17) is 25.2 Å². The van der Waals surface area contributed by atoms with Crippen LogP contribution in [-0.4, -0.2) is 22.9 Å². The number of oxazole rings is 1. The molecule has 0 N–H and O–H groups in total. The van der Waals surface area contributed by atoms with Gasteiger partial charge in [0.05, 0.1) is 32.9 Å². The maximum Gasteiger partial charge on any atom is 0.227 e. The van der Waals surface area contributed by atoms with E-state index in [1.165, 1.54) is 0 Å². The molecule has 148 valence electrons. The molecule has 0 aliphatic rings.